The monoisotopic (exact) mass is 233 g/mol. The van der Waals surface area contributed by atoms with Crippen molar-refractivity contribution in [1.82, 2.24) is 4.90 Å². The Kier molecular flexibility index (Phi) is 5.70. The van der Waals surface area contributed by atoms with Gasteiger partial charge in [0.2, 0.25) is 0 Å². The largest absolute Gasteiger partial charge is 0.300 e. The van der Waals surface area contributed by atoms with Gasteiger partial charge in [0.1, 0.15) is 0 Å². The molecule has 0 bridgehead atoms. The van der Waals surface area contributed by atoms with Crippen molar-refractivity contribution >= 4 is 0 Å². The lowest BCUT2D eigenvalue weighted by atomic mass is 10.0. The minimum atomic E-state index is 0.607. The number of nitrogens with zero attached hydrogens (tertiary/aromatic N) is 1. The molecule has 1 rings (SSSR count). The van der Waals surface area contributed by atoms with Gasteiger partial charge in [0.15, 0.2) is 0 Å². The van der Waals surface area contributed by atoms with Crippen LogP contribution in [-0.4, -0.2) is 18.0 Å². The van der Waals surface area contributed by atoms with E-state index in [-0.39, 0.29) is 0 Å². The SMILES string of the molecule is CC(C)CCc1ccc(CN(C)C(C)C)cc1. The normalized spacial score (nSPS) is 11.8. The quantitative estimate of drug-likeness (QED) is 0.714. The van der Waals surface area contributed by atoms with Crippen LogP contribution >= 0.6 is 0 Å². The maximum atomic E-state index is 2.36. The molecule has 0 fully saturated rings. The third kappa shape index (κ3) is 5.36. The summed E-state index contributed by atoms with van der Waals surface area (Å²) in [5, 5.41) is 0. The van der Waals surface area contributed by atoms with Gasteiger partial charge in [-0.3, -0.25) is 4.90 Å². The fourth-order valence-corrected chi connectivity index (χ4v) is 1.74. The Morgan fingerprint density at radius 1 is 0.941 bits per heavy atom. The predicted molar refractivity (Wildman–Crippen MR) is 76.2 cm³/mol. The molecule has 1 aromatic carbocycles. The van der Waals surface area contributed by atoms with Crippen LogP contribution in [-0.2, 0) is 13.0 Å². The molecule has 0 N–H and O–H groups in total. The van der Waals surface area contributed by atoms with E-state index in [1.807, 2.05) is 0 Å². The molecule has 0 atom stereocenters. The molecule has 0 saturated carbocycles. The van der Waals surface area contributed by atoms with Crippen molar-refractivity contribution in [2.24, 2.45) is 5.92 Å². The molecule has 17 heavy (non-hydrogen) atoms. The number of benzene rings is 1. The molecule has 0 aliphatic rings. The molecule has 0 saturated heterocycles. The average molecular weight is 233 g/mol. The summed E-state index contributed by atoms with van der Waals surface area (Å²) >= 11 is 0. The lowest BCUT2D eigenvalue weighted by Crippen LogP contribution is -2.25. The molecular weight excluding hydrogens is 206 g/mol. The van der Waals surface area contributed by atoms with Gasteiger partial charge in [0, 0.05) is 12.6 Å². The van der Waals surface area contributed by atoms with Crippen LogP contribution in [0.1, 0.15) is 45.2 Å². The smallest absolute Gasteiger partial charge is 0.0233 e. The van der Waals surface area contributed by atoms with Gasteiger partial charge in [-0.15, -0.1) is 0 Å². The Balaban J connectivity index is 2.50. The number of rotatable bonds is 6. The molecule has 0 unspecified atom stereocenters. The summed E-state index contributed by atoms with van der Waals surface area (Å²) in [5.74, 6) is 0.793. The maximum absolute atomic E-state index is 2.36. The highest BCUT2D eigenvalue weighted by atomic mass is 15.1. The zero-order valence-corrected chi connectivity index (χ0v) is 12.0. The number of hydrogen-bond donors (Lipinski definition) is 0. The molecule has 96 valence electrons. The summed E-state index contributed by atoms with van der Waals surface area (Å²) in [5.41, 5.74) is 2.88. The average Bonchev–Trinajstić information content (AvgIpc) is 2.28. The molecule has 1 heteroatoms. The first-order valence-corrected chi connectivity index (χ1v) is 6.77. The van der Waals surface area contributed by atoms with Crippen molar-refractivity contribution in [1.29, 1.82) is 0 Å². The van der Waals surface area contributed by atoms with Gasteiger partial charge in [0.25, 0.3) is 0 Å². The Bertz CT molecular complexity index is 311. The Morgan fingerprint density at radius 2 is 1.47 bits per heavy atom. The topological polar surface area (TPSA) is 3.24 Å². The van der Waals surface area contributed by atoms with Crippen molar-refractivity contribution in [2.75, 3.05) is 7.05 Å². The molecule has 0 aliphatic heterocycles. The Morgan fingerprint density at radius 3 is 1.94 bits per heavy atom. The van der Waals surface area contributed by atoms with E-state index in [0.29, 0.717) is 6.04 Å². The van der Waals surface area contributed by atoms with E-state index in [9.17, 15) is 0 Å². The van der Waals surface area contributed by atoms with E-state index in [1.54, 1.807) is 0 Å². The molecule has 1 aromatic rings. The fourth-order valence-electron chi connectivity index (χ4n) is 1.74. The molecule has 0 heterocycles. The number of hydrogen-bond acceptors (Lipinski definition) is 1. The highest BCUT2D eigenvalue weighted by Gasteiger charge is 2.04. The first-order valence-electron chi connectivity index (χ1n) is 6.77. The fraction of sp³-hybridized carbons (Fsp3) is 0.625. The lowest BCUT2D eigenvalue weighted by molar-refractivity contribution is 0.266. The van der Waals surface area contributed by atoms with E-state index in [1.165, 1.54) is 24.0 Å². The van der Waals surface area contributed by atoms with Gasteiger partial charge in [-0.2, -0.15) is 0 Å². The minimum absolute atomic E-state index is 0.607. The van der Waals surface area contributed by atoms with Crippen molar-refractivity contribution in [3.63, 3.8) is 0 Å². The molecule has 0 amide bonds. The van der Waals surface area contributed by atoms with E-state index < -0.39 is 0 Å². The summed E-state index contributed by atoms with van der Waals surface area (Å²) < 4.78 is 0. The van der Waals surface area contributed by atoms with E-state index in [4.69, 9.17) is 0 Å². The van der Waals surface area contributed by atoms with Crippen molar-refractivity contribution in [3.05, 3.63) is 35.4 Å². The third-order valence-corrected chi connectivity index (χ3v) is 3.35. The predicted octanol–water partition coefficient (Wildman–Crippen LogP) is 4.12. The van der Waals surface area contributed by atoms with Gasteiger partial charge < -0.3 is 0 Å². The molecule has 0 aromatic heterocycles. The highest BCUT2D eigenvalue weighted by Crippen LogP contribution is 2.12. The standard InChI is InChI=1S/C16H27N/c1-13(2)6-7-15-8-10-16(11-9-15)12-17(5)14(3)4/h8-11,13-14H,6-7,12H2,1-5H3. The van der Waals surface area contributed by atoms with Crippen LogP contribution < -0.4 is 0 Å². The first-order chi connectivity index (χ1) is 7.99. The van der Waals surface area contributed by atoms with Crippen molar-refractivity contribution in [3.8, 4) is 0 Å². The zero-order chi connectivity index (χ0) is 12.8. The Labute approximate surface area is 107 Å². The highest BCUT2D eigenvalue weighted by molar-refractivity contribution is 5.22. The molecule has 1 nitrogen and oxygen atoms in total. The summed E-state index contributed by atoms with van der Waals surface area (Å²) in [6.07, 6.45) is 2.49. The number of aryl methyl sites for hydroxylation is 1. The summed E-state index contributed by atoms with van der Waals surface area (Å²) in [4.78, 5) is 2.36. The molecular formula is C16H27N. The van der Waals surface area contributed by atoms with Crippen LogP contribution in [0.4, 0.5) is 0 Å². The zero-order valence-electron chi connectivity index (χ0n) is 12.0. The van der Waals surface area contributed by atoms with Gasteiger partial charge >= 0.3 is 0 Å². The first kappa shape index (κ1) is 14.2. The van der Waals surface area contributed by atoms with Crippen LogP contribution in [0, 0.1) is 5.92 Å². The lowest BCUT2D eigenvalue weighted by Gasteiger charge is -2.21. The van der Waals surface area contributed by atoms with Crippen LogP contribution in [0.2, 0.25) is 0 Å². The summed E-state index contributed by atoms with van der Waals surface area (Å²) in [6.45, 7) is 10.1. The summed E-state index contributed by atoms with van der Waals surface area (Å²) in [6, 6.07) is 9.72. The second kappa shape index (κ2) is 6.80. The van der Waals surface area contributed by atoms with Crippen molar-refractivity contribution < 1.29 is 0 Å². The van der Waals surface area contributed by atoms with E-state index >= 15 is 0 Å². The van der Waals surface area contributed by atoms with E-state index in [2.05, 4.69) is 63.9 Å². The van der Waals surface area contributed by atoms with Crippen LogP contribution in [0.5, 0.6) is 0 Å². The van der Waals surface area contributed by atoms with E-state index in [0.717, 1.165) is 12.5 Å². The third-order valence-electron chi connectivity index (χ3n) is 3.35. The van der Waals surface area contributed by atoms with Gasteiger partial charge in [0.05, 0.1) is 0 Å². The van der Waals surface area contributed by atoms with Crippen LogP contribution in [0.15, 0.2) is 24.3 Å². The van der Waals surface area contributed by atoms with Gasteiger partial charge in [-0.05, 0) is 50.8 Å². The Hall–Kier alpha value is -0.820. The molecule has 0 spiro atoms. The summed E-state index contributed by atoms with van der Waals surface area (Å²) in [7, 11) is 2.18. The molecule has 0 radical (unpaired) electrons. The second-order valence-corrected chi connectivity index (χ2v) is 5.76. The maximum Gasteiger partial charge on any atom is 0.0233 e. The van der Waals surface area contributed by atoms with Crippen LogP contribution in [0.3, 0.4) is 0 Å². The molecule has 0 aliphatic carbocycles. The van der Waals surface area contributed by atoms with Gasteiger partial charge in [-0.25, -0.2) is 0 Å². The van der Waals surface area contributed by atoms with Crippen LogP contribution in [0.25, 0.3) is 0 Å². The van der Waals surface area contributed by atoms with Crippen molar-refractivity contribution in [2.45, 2.75) is 53.1 Å². The van der Waals surface area contributed by atoms with Gasteiger partial charge in [-0.1, -0.05) is 38.1 Å². The minimum Gasteiger partial charge on any atom is -0.300 e. The second-order valence-electron chi connectivity index (χ2n) is 5.76.